The monoisotopic (exact) mass is 326 g/mol. The second-order valence-corrected chi connectivity index (χ2v) is 4.69. The second-order valence-electron chi connectivity index (χ2n) is 4.69. The lowest BCUT2D eigenvalue weighted by Gasteiger charge is -2.07. The molecule has 1 aromatic heterocycles. The number of nitrogens with one attached hydrogen (secondary N) is 2. The van der Waals surface area contributed by atoms with Crippen LogP contribution in [0.25, 0.3) is 0 Å². The topological polar surface area (TPSA) is 93.2 Å². The molecule has 2 N–H and O–H groups in total. The third kappa shape index (κ3) is 4.64. The lowest BCUT2D eigenvalue weighted by atomic mass is 10.2. The lowest BCUT2D eigenvalue weighted by Crippen LogP contribution is -2.15. The lowest BCUT2D eigenvalue weighted by molar-refractivity contribution is 0.0526. The van der Waals surface area contributed by atoms with Crippen molar-refractivity contribution < 1.29 is 14.3 Å². The molecule has 0 aliphatic heterocycles. The molecular formula is C17H18N4O3. The minimum absolute atomic E-state index is 0.228. The Balaban J connectivity index is 2.04. The van der Waals surface area contributed by atoms with Gasteiger partial charge in [0.25, 0.3) is 5.91 Å². The van der Waals surface area contributed by atoms with Crippen molar-refractivity contribution in [3.8, 4) is 0 Å². The number of carbonyl (C=O) groups excluding carboxylic acids is 2. The quantitative estimate of drug-likeness (QED) is 0.600. The molecule has 2 aromatic rings. The van der Waals surface area contributed by atoms with Crippen molar-refractivity contribution in [2.45, 2.75) is 6.92 Å². The zero-order valence-corrected chi connectivity index (χ0v) is 13.3. The summed E-state index contributed by atoms with van der Waals surface area (Å²) in [6.07, 6.45) is 3.17. The molecule has 1 aromatic carbocycles. The molecule has 1 amide bonds. The van der Waals surface area contributed by atoms with Crippen LogP contribution < -0.4 is 10.6 Å². The number of amides is 1. The minimum Gasteiger partial charge on any atom is -0.462 e. The van der Waals surface area contributed by atoms with Gasteiger partial charge in [0.2, 0.25) is 5.95 Å². The smallest absolute Gasteiger partial charge is 0.338 e. The average Bonchev–Trinajstić information content (AvgIpc) is 2.61. The van der Waals surface area contributed by atoms with Crippen molar-refractivity contribution in [1.29, 1.82) is 0 Å². The van der Waals surface area contributed by atoms with E-state index in [1.165, 1.54) is 12.3 Å². The molecule has 0 aliphatic carbocycles. The van der Waals surface area contributed by atoms with Crippen LogP contribution in [0.15, 0.2) is 49.2 Å². The number of anilines is 2. The van der Waals surface area contributed by atoms with Gasteiger partial charge in [-0.1, -0.05) is 6.08 Å². The maximum atomic E-state index is 12.2. The van der Waals surface area contributed by atoms with Crippen LogP contribution in [0.4, 0.5) is 11.6 Å². The van der Waals surface area contributed by atoms with E-state index in [-0.39, 0.29) is 11.6 Å². The predicted octanol–water partition coefficient (Wildman–Crippen LogP) is 2.50. The van der Waals surface area contributed by atoms with Gasteiger partial charge in [-0.15, -0.1) is 6.58 Å². The summed E-state index contributed by atoms with van der Waals surface area (Å²) in [4.78, 5) is 31.9. The van der Waals surface area contributed by atoms with Gasteiger partial charge in [-0.3, -0.25) is 4.79 Å². The van der Waals surface area contributed by atoms with Crippen LogP contribution in [0.1, 0.15) is 27.8 Å². The van der Waals surface area contributed by atoms with E-state index in [1.54, 1.807) is 37.3 Å². The first kappa shape index (κ1) is 17.1. The number of hydrogen-bond donors (Lipinski definition) is 2. The Kier molecular flexibility index (Phi) is 6.01. The van der Waals surface area contributed by atoms with Crippen LogP contribution >= 0.6 is 0 Å². The van der Waals surface area contributed by atoms with Crippen LogP contribution in [0, 0.1) is 0 Å². The fraction of sp³-hybridized carbons (Fsp3) is 0.176. The highest BCUT2D eigenvalue weighted by atomic mass is 16.5. The summed E-state index contributed by atoms with van der Waals surface area (Å²) in [7, 11) is 0. The van der Waals surface area contributed by atoms with Crippen molar-refractivity contribution in [3.05, 3.63) is 60.4 Å². The summed E-state index contributed by atoms with van der Waals surface area (Å²) in [5.41, 5.74) is 1.20. The summed E-state index contributed by atoms with van der Waals surface area (Å²) in [6.45, 7) is 6.15. The first-order valence-corrected chi connectivity index (χ1v) is 7.40. The zero-order chi connectivity index (χ0) is 17.4. The molecular weight excluding hydrogens is 308 g/mol. The fourth-order valence-electron chi connectivity index (χ4n) is 1.83. The maximum Gasteiger partial charge on any atom is 0.338 e. The molecule has 0 atom stereocenters. The van der Waals surface area contributed by atoms with Gasteiger partial charge in [0.15, 0.2) is 0 Å². The molecule has 0 bridgehead atoms. The van der Waals surface area contributed by atoms with Gasteiger partial charge in [-0.2, -0.15) is 0 Å². The van der Waals surface area contributed by atoms with Crippen LogP contribution in [0.5, 0.6) is 0 Å². The first-order chi connectivity index (χ1) is 11.6. The third-order valence-electron chi connectivity index (χ3n) is 2.95. The molecule has 0 aliphatic rings. The summed E-state index contributed by atoms with van der Waals surface area (Å²) in [5.74, 6) is -0.424. The van der Waals surface area contributed by atoms with Gasteiger partial charge in [0.05, 0.1) is 12.2 Å². The Labute approximate surface area is 139 Å². The van der Waals surface area contributed by atoms with Gasteiger partial charge >= 0.3 is 5.97 Å². The van der Waals surface area contributed by atoms with Crippen molar-refractivity contribution in [3.63, 3.8) is 0 Å². The molecule has 0 fully saturated rings. The SMILES string of the molecule is C=CCNc1nccc(C(=O)Nc2ccc(C(=O)OCC)cc2)n1. The molecule has 7 heteroatoms. The van der Waals surface area contributed by atoms with Gasteiger partial charge in [-0.25, -0.2) is 14.8 Å². The molecule has 0 radical (unpaired) electrons. The van der Waals surface area contributed by atoms with Crippen LogP contribution in [0.2, 0.25) is 0 Å². The number of esters is 1. The van der Waals surface area contributed by atoms with Gasteiger partial charge in [-0.05, 0) is 37.3 Å². The van der Waals surface area contributed by atoms with E-state index >= 15 is 0 Å². The molecule has 7 nitrogen and oxygen atoms in total. The van der Waals surface area contributed by atoms with Crippen LogP contribution in [-0.2, 0) is 4.74 Å². The van der Waals surface area contributed by atoms with E-state index in [1.807, 2.05) is 0 Å². The second kappa shape index (κ2) is 8.42. The minimum atomic E-state index is -0.399. The molecule has 0 saturated heterocycles. The number of carbonyl (C=O) groups is 2. The van der Waals surface area contributed by atoms with Gasteiger partial charge in [0, 0.05) is 18.4 Å². The average molecular weight is 326 g/mol. The van der Waals surface area contributed by atoms with E-state index < -0.39 is 5.97 Å². The summed E-state index contributed by atoms with van der Waals surface area (Å²) in [5, 5.41) is 5.62. The van der Waals surface area contributed by atoms with Gasteiger partial charge in [0.1, 0.15) is 5.69 Å². The van der Waals surface area contributed by atoms with E-state index in [9.17, 15) is 9.59 Å². The number of rotatable bonds is 7. The molecule has 0 unspecified atom stereocenters. The number of ether oxygens (including phenoxy) is 1. The zero-order valence-electron chi connectivity index (χ0n) is 13.3. The van der Waals surface area contributed by atoms with Crippen molar-refractivity contribution >= 4 is 23.5 Å². The van der Waals surface area contributed by atoms with Crippen molar-refractivity contribution in [2.24, 2.45) is 0 Å². The van der Waals surface area contributed by atoms with E-state index in [0.29, 0.717) is 30.4 Å². The maximum absolute atomic E-state index is 12.2. The van der Waals surface area contributed by atoms with E-state index in [0.717, 1.165) is 0 Å². The highest BCUT2D eigenvalue weighted by Crippen LogP contribution is 2.12. The van der Waals surface area contributed by atoms with E-state index in [4.69, 9.17) is 4.74 Å². The largest absolute Gasteiger partial charge is 0.462 e. The molecule has 1 heterocycles. The molecule has 24 heavy (non-hydrogen) atoms. The Morgan fingerprint density at radius 2 is 2.00 bits per heavy atom. The molecule has 2 rings (SSSR count). The van der Waals surface area contributed by atoms with E-state index in [2.05, 4.69) is 27.2 Å². The third-order valence-corrected chi connectivity index (χ3v) is 2.95. The predicted molar refractivity (Wildman–Crippen MR) is 91.1 cm³/mol. The molecule has 0 spiro atoms. The standard InChI is InChI=1S/C17H18N4O3/c1-3-10-18-17-19-11-9-14(21-17)15(22)20-13-7-5-12(6-8-13)16(23)24-4-2/h3,5-9,11H,1,4,10H2,2H3,(H,20,22)(H,18,19,21). The normalized spacial score (nSPS) is 9.88. The van der Waals surface area contributed by atoms with Gasteiger partial charge < -0.3 is 15.4 Å². The Morgan fingerprint density at radius 1 is 1.25 bits per heavy atom. The highest BCUT2D eigenvalue weighted by molar-refractivity contribution is 6.03. The van der Waals surface area contributed by atoms with Crippen LogP contribution in [-0.4, -0.2) is 35.0 Å². The highest BCUT2D eigenvalue weighted by Gasteiger charge is 2.10. The summed E-state index contributed by atoms with van der Waals surface area (Å²) in [6, 6.07) is 7.95. The Bertz CT molecular complexity index is 729. The Hall–Kier alpha value is -3.22. The fourth-order valence-corrected chi connectivity index (χ4v) is 1.83. The van der Waals surface area contributed by atoms with Crippen molar-refractivity contribution in [2.75, 3.05) is 23.8 Å². The number of aromatic nitrogens is 2. The Morgan fingerprint density at radius 3 is 2.67 bits per heavy atom. The van der Waals surface area contributed by atoms with Crippen LogP contribution in [0.3, 0.4) is 0 Å². The number of hydrogen-bond acceptors (Lipinski definition) is 6. The number of benzene rings is 1. The summed E-state index contributed by atoms with van der Waals surface area (Å²) >= 11 is 0. The number of nitrogens with zero attached hydrogens (tertiary/aromatic N) is 2. The summed E-state index contributed by atoms with van der Waals surface area (Å²) < 4.78 is 4.91. The molecule has 124 valence electrons. The van der Waals surface area contributed by atoms with Crippen molar-refractivity contribution in [1.82, 2.24) is 9.97 Å². The first-order valence-electron chi connectivity index (χ1n) is 7.40. The molecule has 0 saturated carbocycles.